The number of carbonyl (C=O) groups excluding carboxylic acids is 1. The summed E-state index contributed by atoms with van der Waals surface area (Å²) in [6.07, 6.45) is 0.329. The summed E-state index contributed by atoms with van der Waals surface area (Å²) in [5.41, 5.74) is -1.17. The second-order valence-electron chi connectivity index (χ2n) is 5.16. The number of pyridine rings is 2. The van der Waals surface area contributed by atoms with E-state index in [1.807, 2.05) is 0 Å². The van der Waals surface area contributed by atoms with E-state index in [0.29, 0.717) is 10.2 Å². The molecule has 0 spiro atoms. The van der Waals surface area contributed by atoms with Crippen LogP contribution in [-0.4, -0.2) is 25.7 Å². The number of amides is 1. The van der Waals surface area contributed by atoms with Crippen molar-refractivity contribution in [3.05, 3.63) is 70.9 Å². The quantitative estimate of drug-likeness (QED) is 0.753. The van der Waals surface area contributed by atoms with Gasteiger partial charge in [0, 0.05) is 25.1 Å². The van der Waals surface area contributed by atoms with Crippen LogP contribution in [0.4, 0.5) is 13.2 Å². The summed E-state index contributed by atoms with van der Waals surface area (Å²) in [6.45, 7) is 0.0498. The smallest absolute Gasteiger partial charge is 0.348 e. The predicted molar refractivity (Wildman–Crippen MR) is 86.8 cm³/mol. The van der Waals surface area contributed by atoms with Crippen LogP contribution in [0.3, 0.4) is 0 Å². The normalized spacial score (nSPS) is 11.4. The SMILES string of the molecule is O=C(NCc1ccncc1)c1cnn(-c2ncccc2Cl)c1C(F)(F)F. The van der Waals surface area contributed by atoms with E-state index in [0.717, 1.165) is 6.20 Å². The molecule has 0 saturated carbocycles. The second kappa shape index (κ2) is 7.12. The minimum absolute atomic E-state index is 0.0233. The van der Waals surface area contributed by atoms with Gasteiger partial charge in [0.25, 0.3) is 5.91 Å². The third kappa shape index (κ3) is 3.67. The highest BCUT2D eigenvalue weighted by atomic mass is 35.5. The Balaban J connectivity index is 1.95. The molecule has 0 unspecified atom stereocenters. The van der Waals surface area contributed by atoms with Gasteiger partial charge in [0.2, 0.25) is 0 Å². The Hall–Kier alpha value is -2.94. The van der Waals surface area contributed by atoms with Gasteiger partial charge < -0.3 is 5.32 Å². The Kier molecular flexibility index (Phi) is 4.90. The number of halogens is 4. The average Bonchev–Trinajstić information content (AvgIpc) is 3.06. The van der Waals surface area contributed by atoms with E-state index in [4.69, 9.17) is 11.6 Å². The zero-order valence-corrected chi connectivity index (χ0v) is 13.8. The maximum Gasteiger partial charge on any atom is 0.434 e. The predicted octanol–water partition coefficient (Wildman–Crippen LogP) is 3.26. The molecule has 0 bridgehead atoms. The summed E-state index contributed by atoms with van der Waals surface area (Å²) in [7, 11) is 0. The molecule has 6 nitrogen and oxygen atoms in total. The highest BCUT2D eigenvalue weighted by molar-refractivity contribution is 6.32. The van der Waals surface area contributed by atoms with E-state index in [9.17, 15) is 18.0 Å². The van der Waals surface area contributed by atoms with Gasteiger partial charge in [0.15, 0.2) is 11.5 Å². The molecule has 3 aromatic heterocycles. The number of nitrogens with zero attached hydrogens (tertiary/aromatic N) is 4. The zero-order valence-electron chi connectivity index (χ0n) is 13.0. The van der Waals surface area contributed by atoms with Crippen LogP contribution in [0.5, 0.6) is 0 Å². The number of nitrogens with one attached hydrogen (secondary N) is 1. The van der Waals surface area contributed by atoms with Crippen molar-refractivity contribution in [2.24, 2.45) is 0 Å². The maximum atomic E-state index is 13.6. The fraction of sp³-hybridized carbons (Fsp3) is 0.125. The van der Waals surface area contributed by atoms with Crippen molar-refractivity contribution in [2.45, 2.75) is 12.7 Å². The molecule has 0 fully saturated rings. The number of aromatic nitrogens is 4. The Labute approximate surface area is 150 Å². The fourth-order valence-corrected chi connectivity index (χ4v) is 2.46. The molecule has 0 radical (unpaired) electrons. The summed E-state index contributed by atoms with van der Waals surface area (Å²) in [6, 6.07) is 6.14. The zero-order chi connectivity index (χ0) is 18.7. The molecule has 0 atom stereocenters. The van der Waals surface area contributed by atoms with Gasteiger partial charge in [-0.1, -0.05) is 11.6 Å². The van der Waals surface area contributed by atoms with Gasteiger partial charge in [-0.3, -0.25) is 9.78 Å². The van der Waals surface area contributed by atoms with E-state index in [2.05, 4.69) is 20.4 Å². The molecule has 1 N–H and O–H groups in total. The number of alkyl halides is 3. The third-order valence-corrected chi connectivity index (χ3v) is 3.72. The van der Waals surface area contributed by atoms with Crippen LogP contribution in [0.1, 0.15) is 21.6 Å². The first-order chi connectivity index (χ1) is 12.4. The van der Waals surface area contributed by atoms with E-state index in [1.165, 1.54) is 30.7 Å². The molecule has 3 rings (SSSR count). The molecule has 0 aromatic carbocycles. The van der Waals surface area contributed by atoms with Gasteiger partial charge in [-0.2, -0.15) is 18.3 Å². The second-order valence-corrected chi connectivity index (χ2v) is 5.57. The first kappa shape index (κ1) is 17.9. The molecule has 0 aliphatic heterocycles. The Morgan fingerprint density at radius 2 is 1.92 bits per heavy atom. The van der Waals surface area contributed by atoms with Crippen LogP contribution in [0, 0.1) is 0 Å². The summed E-state index contributed by atoms with van der Waals surface area (Å²) in [4.78, 5) is 19.9. The lowest BCUT2D eigenvalue weighted by Crippen LogP contribution is -2.26. The molecule has 1 amide bonds. The van der Waals surface area contributed by atoms with Gasteiger partial charge in [0.05, 0.1) is 16.8 Å². The molecule has 26 heavy (non-hydrogen) atoms. The largest absolute Gasteiger partial charge is 0.434 e. The Bertz CT molecular complexity index is 927. The van der Waals surface area contributed by atoms with Gasteiger partial charge in [-0.15, -0.1) is 0 Å². The van der Waals surface area contributed by atoms with Crippen LogP contribution in [0.25, 0.3) is 5.82 Å². The highest BCUT2D eigenvalue weighted by Crippen LogP contribution is 2.34. The molecule has 0 aliphatic rings. The lowest BCUT2D eigenvalue weighted by Gasteiger charge is -2.13. The van der Waals surface area contributed by atoms with Gasteiger partial charge in [-0.25, -0.2) is 9.67 Å². The van der Waals surface area contributed by atoms with Crippen molar-refractivity contribution < 1.29 is 18.0 Å². The van der Waals surface area contributed by atoms with Gasteiger partial charge >= 0.3 is 6.18 Å². The summed E-state index contributed by atoms with van der Waals surface area (Å²) in [5.74, 6) is -1.12. The summed E-state index contributed by atoms with van der Waals surface area (Å²) >= 11 is 5.91. The van der Waals surface area contributed by atoms with Crippen LogP contribution >= 0.6 is 11.6 Å². The van der Waals surface area contributed by atoms with Gasteiger partial charge in [0.1, 0.15) is 0 Å². The lowest BCUT2D eigenvalue weighted by atomic mass is 10.2. The van der Waals surface area contributed by atoms with Crippen molar-refractivity contribution in [1.82, 2.24) is 25.1 Å². The lowest BCUT2D eigenvalue weighted by molar-refractivity contribution is -0.143. The molecule has 3 heterocycles. The van der Waals surface area contributed by atoms with E-state index in [1.54, 1.807) is 12.1 Å². The van der Waals surface area contributed by atoms with E-state index < -0.39 is 23.3 Å². The van der Waals surface area contributed by atoms with Crippen LogP contribution in [-0.2, 0) is 12.7 Å². The molecular formula is C16H11ClF3N5O. The first-order valence-corrected chi connectivity index (χ1v) is 7.69. The monoisotopic (exact) mass is 381 g/mol. The maximum absolute atomic E-state index is 13.6. The van der Waals surface area contributed by atoms with Crippen LogP contribution in [0.2, 0.25) is 5.02 Å². The van der Waals surface area contributed by atoms with Crippen molar-refractivity contribution >= 4 is 17.5 Å². The summed E-state index contributed by atoms with van der Waals surface area (Å²) in [5, 5.41) is 6.08. The van der Waals surface area contributed by atoms with E-state index in [-0.39, 0.29) is 17.4 Å². The third-order valence-electron chi connectivity index (χ3n) is 3.42. The molecule has 0 saturated heterocycles. The Morgan fingerprint density at radius 3 is 2.58 bits per heavy atom. The molecule has 134 valence electrons. The van der Waals surface area contributed by atoms with E-state index >= 15 is 0 Å². The minimum atomic E-state index is -4.83. The molecular weight excluding hydrogens is 371 g/mol. The molecule has 10 heteroatoms. The average molecular weight is 382 g/mol. The number of rotatable bonds is 4. The number of hydrogen-bond acceptors (Lipinski definition) is 4. The topological polar surface area (TPSA) is 72.7 Å². The standard InChI is InChI=1S/C16H11ClF3N5O/c17-12-2-1-5-22-14(12)25-13(16(18,19)20)11(9-24-25)15(26)23-8-10-3-6-21-7-4-10/h1-7,9H,8H2,(H,23,26). The highest BCUT2D eigenvalue weighted by Gasteiger charge is 2.41. The number of carbonyl (C=O) groups is 1. The van der Waals surface area contributed by atoms with Crippen LogP contribution in [0.15, 0.2) is 49.1 Å². The Morgan fingerprint density at radius 1 is 1.19 bits per heavy atom. The van der Waals surface area contributed by atoms with Crippen molar-refractivity contribution in [2.75, 3.05) is 0 Å². The number of hydrogen-bond donors (Lipinski definition) is 1. The van der Waals surface area contributed by atoms with Crippen molar-refractivity contribution in [3.63, 3.8) is 0 Å². The van der Waals surface area contributed by atoms with Crippen molar-refractivity contribution in [1.29, 1.82) is 0 Å². The fourth-order valence-electron chi connectivity index (χ4n) is 2.26. The van der Waals surface area contributed by atoms with Crippen molar-refractivity contribution in [3.8, 4) is 5.82 Å². The van der Waals surface area contributed by atoms with Crippen LogP contribution < -0.4 is 5.32 Å². The first-order valence-electron chi connectivity index (χ1n) is 7.31. The summed E-state index contributed by atoms with van der Waals surface area (Å²) < 4.78 is 41.2. The molecule has 3 aromatic rings. The van der Waals surface area contributed by atoms with Gasteiger partial charge in [-0.05, 0) is 29.8 Å². The minimum Gasteiger partial charge on any atom is -0.348 e. The molecule has 0 aliphatic carbocycles.